The van der Waals surface area contributed by atoms with Crippen molar-refractivity contribution in [1.82, 2.24) is 4.72 Å². The van der Waals surface area contributed by atoms with Gasteiger partial charge in [0.1, 0.15) is 4.83 Å². The van der Waals surface area contributed by atoms with Gasteiger partial charge in [-0.25, -0.2) is 13.1 Å². The number of hydrogen-bond donors (Lipinski definition) is 1. The molecule has 94 valence electrons. The van der Waals surface area contributed by atoms with Gasteiger partial charge in [0, 0.05) is 6.54 Å². The van der Waals surface area contributed by atoms with Crippen LogP contribution in [0.25, 0.3) is 0 Å². The Bertz CT molecular complexity index is 474. The minimum absolute atomic E-state index is 0.0656. The van der Waals surface area contributed by atoms with Gasteiger partial charge in [0.15, 0.2) is 0 Å². The number of esters is 1. The van der Waals surface area contributed by atoms with E-state index in [0.29, 0.717) is 0 Å². The molecule has 0 aromatic heterocycles. The van der Waals surface area contributed by atoms with Crippen LogP contribution >= 0.6 is 15.9 Å². The first-order chi connectivity index (χ1) is 7.97. The average molecular weight is 322 g/mol. The van der Waals surface area contributed by atoms with Gasteiger partial charge in [-0.3, -0.25) is 4.79 Å². The van der Waals surface area contributed by atoms with Gasteiger partial charge < -0.3 is 4.74 Å². The van der Waals surface area contributed by atoms with Crippen LogP contribution in [0.2, 0.25) is 0 Å². The largest absolute Gasteiger partial charge is 0.468 e. The van der Waals surface area contributed by atoms with Gasteiger partial charge in [0.2, 0.25) is 10.0 Å². The molecule has 5 nitrogen and oxygen atoms in total. The maximum Gasteiger partial charge on any atom is 0.320 e. The van der Waals surface area contributed by atoms with E-state index >= 15 is 0 Å². The second-order valence-electron chi connectivity index (χ2n) is 3.16. The molecule has 0 aliphatic rings. The lowest BCUT2D eigenvalue weighted by Crippen LogP contribution is -2.33. The number of carbonyl (C=O) groups is 1. The lowest BCUT2D eigenvalue weighted by atomic mass is 10.4. The van der Waals surface area contributed by atoms with E-state index in [4.69, 9.17) is 0 Å². The predicted molar refractivity (Wildman–Crippen MR) is 66.4 cm³/mol. The number of rotatable bonds is 5. The predicted octanol–water partition coefficient (Wildman–Crippen LogP) is 0.901. The van der Waals surface area contributed by atoms with Crippen molar-refractivity contribution in [2.45, 2.75) is 9.72 Å². The topological polar surface area (TPSA) is 72.5 Å². The maximum atomic E-state index is 11.8. The third-order valence-electron chi connectivity index (χ3n) is 1.96. The molecule has 0 aliphatic heterocycles. The van der Waals surface area contributed by atoms with Gasteiger partial charge in [0.25, 0.3) is 0 Å². The molecular formula is C10H12BrNO4S. The standard InChI is InChI=1S/C10H12BrNO4S/c1-16-10(13)9(11)7-12-17(14,15)8-5-3-2-4-6-8/h2-6,9,12H,7H2,1H3. The van der Waals surface area contributed by atoms with Crippen LogP contribution in [-0.2, 0) is 19.6 Å². The quantitative estimate of drug-likeness (QED) is 0.646. The van der Waals surface area contributed by atoms with E-state index in [1.165, 1.54) is 19.2 Å². The van der Waals surface area contributed by atoms with Crippen molar-refractivity contribution < 1.29 is 17.9 Å². The molecule has 0 amide bonds. The molecule has 1 rings (SSSR count). The number of benzene rings is 1. The Labute approximate surface area is 108 Å². The molecule has 0 bridgehead atoms. The number of methoxy groups -OCH3 is 1. The normalized spacial score (nSPS) is 13.1. The van der Waals surface area contributed by atoms with E-state index in [1.54, 1.807) is 18.2 Å². The van der Waals surface area contributed by atoms with Crippen LogP contribution in [0.1, 0.15) is 0 Å². The van der Waals surface area contributed by atoms with Crippen LogP contribution < -0.4 is 4.72 Å². The fraction of sp³-hybridized carbons (Fsp3) is 0.300. The van der Waals surface area contributed by atoms with Crippen molar-refractivity contribution >= 4 is 31.9 Å². The van der Waals surface area contributed by atoms with E-state index in [-0.39, 0.29) is 11.4 Å². The third kappa shape index (κ3) is 4.10. The molecule has 7 heteroatoms. The summed E-state index contributed by atoms with van der Waals surface area (Å²) in [6, 6.07) is 7.93. The summed E-state index contributed by atoms with van der Waals surface area (Å²) in [7, 11) is -2.35. The summed E-state index contributed by atoms with van der Waals surface area (Å²) in [5, 5.41) is 0. The third-order valence-corrected chi connectivity index (χ3v) is 4.10. The second-order valence-corrected chi connectivity index (χ2v) is 6.03. The van der Waals surface area contributed by atoms with Gasteiger partial charge in [-0.2, -0.15) is 0 Å². The molecule has 0 saturated carbocycles. The first-order valence-corrected chi connectivity index (χ1v) is 7.14. The van der Waals surface area contributed by atoms with Crippen molar-refractivity contribution in [3.63, 3.8) is 0 Å². The van der Waals surface area contributed by atoms with Gasteiger partial charge in [0.05, 0.1) is 12.0 Å². The SMILES string of the molecule is COC(=O)C(Br)CNS(=O)(=O)c1ccccc1. The molecule has 0 heterocycles. The zero-order valence-corrected chi connectivity index (χ0v) is 11.5. The molecule has 1 unspecified atom stereocenters. The highest BCUT2D eigenvalue weighted by molar-refractivity contribution is 9.10. The van der Waals surface area contributed by atoms with Gasteiger partial charge in [-0.15, -0.1) is 0 Å². The minimum atomic E-state index is -3.58. The summed E-state index contributed by atoms with van der Waals surface area (Å²) in [4.78, 5) is 10.5. The van der Waals surface area contributed by atoms with Crippen LogP contribution in [0.15, 0.2) is 35.2 Å². The fourth-order valence-electron chi connectivity index (χ4n) is 1.08. The van der Waals surface area contributed by atoms with Crippen LogP contribution in [0.4, 0.5) is 0 Å². The van der Waals surface area contributed by atoms with Crippen LogP contribution in [0.5, 0.6) is 0 Å². The van der Waals surface area contributed by atoms with Gasteiger partial charge >= 0.3 is 5.97 Å². The Balaban J connectivity index is 2.66. The molecule has 1 N–H and O–H groups in total. The summed E-state index contributed by atoms with van der Waals surface area (Å²) in [6.45, 7) is -0.0656. The van der Waals surface area contributed by atoms with Gasteiger partial charge in [-0.1, -0.05) is 34.1 Å². The molecule has 0 radical (unpaired) electrons. The van der Waals surface area contributed by atoms with Crippen LogP contribution in [0.3, 0.4) is 0 Å². The Hall–Kier alpha value is -0.920. The molecule has 0 spiro atoms. The Morgan fingerprint density at radius 1 is 1.41 bits per heavy atom. The zero-order valence-electron chi connectivity index (χ0n) is 9.09. The van der Waals surface area contributed by atoms with Crippen LogP contribution in [0, 0.1) is 0 Å². The molecule has 0 fully saturated rings. The lowest BCUT2D eigenvalue weighted by Gasteiger charge is -2.09. The minimum Gasteiger partial charge on any atom is -0.468 e. The number of alkyl halides is 1. The second kappa shape index (κ2) is 6.13. The number of sulfonamides is 1. The van der Waals surface area contributed by atoms with E-state index in [2.05, 4.69) is 25.4 Å². The number of hydrogen-bond acceptors (Lipinski definition) is 4. The fourth-order valence-corrected chi connectivity index (χ4v) is 2.71. The summed E-state index contributed by atoms with van der Waals surface area (Å²) in [5.74, 6) is -0.527. The van der Waals surface area contributed by atoms with E-state index in [1.807, 2.05) is 0 Å². The average Bonchev–Trinajstić information content (AvgIpc) is 2.36. The Kier molecular flexibility index (Phi) is 5.10. The molecule has 0 aliphatic carbocycles. The van der Waals surface area contributed by atoms with Crippen molar-refractivity contribution in [2.24, 2.45) is 0 Å². The van der Waals surface area contributed by atoms with E-state index in [0.717, 1.165) is 0 Å². The molecule has 1 aromatic rings. The lowest BCUT2D eigenvalue weighted by molar-refractivity contribution is -0.139. The molecule has 17 heavy (non-hydrogen) atoms. The van der Waals surface area contributed by atoms with Crippen molar-refractivity contribution in [3.05, 3.63) is 30.3 Å². The van der Waals surface area contributed by atoms with E-state index < -0.39 is 20.8 Å². The Morgan fingerprint density at radius 3 is 2.53 bits per heavy atom. The number of nitrogens with one attached hydrogen (secondary N) is 1. The van der Waals surface area contributed by atoms with Gasteiger partial charge in [-0.05, 0) is 12.1 Å². The monoisotopic (exact) mass is 321 g/mol. The number of carbonyl (C=O) groups excluding carboxylic acids is 1. The van der Waals surface area contributed by atoms with Crippen LogP contribution in [-0.4, -0.2) is 32.9 Å². The molecular weight excluding hydrogens is 310 g/mol. The number of ether oxygens (including phenoxy) is 1. The first-order valence-electron chi connectivity index (χ1n) is 4.74. The summed E-state index contributed by atoms with van der Waals surface area (Å²) >= 11 is 3.03. The smallest absolute Gasteiger partial charge is 0.320 e. The highest BCUT2D eigenvalue weighted by Gasteiger charge is 2.19. The highest BCUT2D eigenvalue weighted by atomic mass is 79.9. The van der Waals surface area contributed by atoms with Crippen molar-refractivity contribution in [1.29, 1.82) is 0 Å². The first kappa shape index (κ1) is 14.1. The molecule has 1 aromatic carbocycles. The number of halogens is 1. The summed E-state index contributed by atoms with van der Waals surface area (Å²) < 4.78 is 30.3. The summed E-state index contributed by atoms with van der Waals surface area (Å²) in [5.41, 5.74) is 0. The van der Waals surface area contributed by atoms with Crippen molar-refractivity contribution in [2.75, 3.05) is 13.7 Å². The Morgan fingerprint density at radius 2 is 2.00 bits per heavy atom. The summed E-state index contributed by atoms with van der Waals surface area (Å²) in [6.07, 6.45) is 0. The highest BCUT2D eigenvalue weighted by Crippen LogP contribution is 2.08. The van der Waals surface area contributed by atoms with E-state index in [9.17, 15) is 13.2 Å². The van der Waals surface area contributed by atoms with Crippen molar-refractivity contribution in [3.8, 4) is 0 Å². The maximum absolute atomic E-state index is 11.8. The molecule has 1 atom stereocenters. The zero-order chi connectivity index (χ0) is 12.9. The molecule has 0 saturated heterocycles.